The molecule has 5 aromatic rings. The third-order valence-corrected chi connectivity index (χ3v) is 5.72. The molecule has 3 heterocycles. The molecule has 0 radical (unpaired) electrons. The Morgan fingerprint density at radius 1 is 0.808 bits per heavy atom. The van der Waals surface area contributed by atoms with E-state index in [4.69, 9.17) is 12.2 Å². The Morgan fingerprint density at radius 2 is 1.50 bits per heavy atom. The summed E-state index contributed by atoms with van der Waals surface area (Å²) in [6.07, 6.45) is 0. The zero-order chi connectivity index (χ0) is 17.5. The summed E-state index contributed by atoms with van der Waals surface area (Å²) < 4.78 is 1.35. The topological polar surface area (TPSA) is 67.3 Å². The van der Waals surface area contributed by atoms with Gasteiger partial charge in [0.2, 0.25) is 0 Å². The second kappa shape index (κ2) is 6.05. The fourth-order valence-corrected chi connectivity index (χ4v) is 4.32. The summed E-state index contributed by atoms with van der Waals surface area (Å²) in [7, 11) is 0. The van der Waals surface area contributed by atoms with Crippen LogP contribution in [0.4, 0.5) is 0 Å². The number of fused-ring (bicyclic) bond motifs is 3. The maximum atomic E-state index is 5.35. The third-order valence-electron chi connectivity index (χ3n) is 4.22. The number of aromatic nitrogens is 5. The maximum Gasteiger partial charge on any atom is 0.169 e. The van der Waals surface area contributed by atoms with Crippen LogP contribution >= 0.6 is 23.6 Å². The van der Waals surface area contributed by atoms with E-state index in [0.29, 0.717) is 4.64 Å². The van der Waals surface area contributed by atoms with Crippen LogP contribution < -0.4 is 0 Å². The first kappa shape index (κ1) is 15.2. The number of hydrogen-bond acceptors (Lipinski definition) is 6. The summed E-state index contributed by atoms with van der Waals surface area (Å²) in [6, 6.07) is 20.3. The van der Waals surface area contributed by atoms with Crippen LogP contribution in [0.1, 0.15) is 0 Å². The number of aromatic amines is 1. The second-order valence-electron chi connectivity index (χ2n) is 5.76. The number of nitrogens with zero attached hydrogens (tertiary/aromatic N) is 4. The molecule has 0 aliphatic carbocycles. The van der Waals surface area contributed by atoms with Crippen molar-refractivity contribution < 1.29 is 0 Å². The fourth-order valence-electron chi connectivity index (χ4n) is 3.09. The van der Waals surface area contributed by atoms with Crippen LogP contribution in [-0.2, 0) is 0 Å². The average molecular weight is 373 g/mol. The highest BCUT2D eigenvalue weighted by atomic mass is 32.1. The first-order valence-electron chi connectivity index (χ1n) is 7.98. The number of benzene rings is 2. The molecule has 0 saturated carbocycles. The van der Waals surface area contributed by atoms with Crippen molar-refractivity contribution in [1.29, 1.82) is 0 Å². The molecular formula is C19H11N5S2. The van der Waals surface area contributed by atoms with Crippen LogP contribution in [0.2, 0.25) is 0 Å². The lowest BCUT2D eigenvalue weighted by Gasteiger charge is -2.10. The van der Waals surface area contributed by atoms with Crippen molar-refractivity contribution >= 4 is 44.0 Å². The maximum absolute atomic E-state index is 5.35. The van der Waals surface area contributed by atoms with Gasteiger partial charge in [0.05, 0.1) is 10.2 Å². The normalized spacial score (nSPS) is 11.2. The number of hydrogen-bond donors (Lipinski definition) is 1. The highest BCUT2D eigenvalue weighted by molar-refractivity contribution is 7.71. The molecule has 3 aromatic heterocycles. The fraction of sp³-hybridized carbons (Fsp3) is 0. The van der Waals surface area contributed by atoms with Gasteiger partial charge in [0.15, 0.2) is 4.64 Å². The molecule has 0 spiro atoms. The lowest BCUT2D eigenvalue weighted by atomic mass is 9.97. The van der Waals surface area contributed by atoms with Gasteiger partial charge in [0, 0.05) is 16.5 Å². The monoisotopic (exact) mass is 373 g/mol. The van der Waals surface area contributed by atoms with Crippen LogP contribution in [0.25, 0.3) is 42.8 Å². The molecule has 0 fully saturated rings. The smallest absolute Gasteiger partial charge is 0.169 e. The minimum absolute atomic E-state index is 0.474. The van der Waals surface area contributed by atoms with E-state index in [-0.39, 0.29) is 0 Å². The molecule has 0 saturated heterocycles. The first-order chi connectivity index (χ1) is 12.8. The van der Waals surface area contributed by atoms with Crippen LogP contribution in [0.15, 0.2) is 60.7 Å². The van der Waals surface area contributed by atoms with Crippen LogP contribution in [0, 0.1) is 4.64 Å². The van der Waals surface area contributed by atoms with E-state index >= 15 is 0 Å². The number of thiophene rings is 1. The Balaban J connectivity index is 1.99. The summed E-state index contributed by atoms with van der Waals surface area (Å²) in [5.41, 5.74) is 4.80. The average Bonchev–Trinajstić information content (AvgIpc) is 3.09. The van der Waals surface area contributed by atoms with Crippen molar-refractivity contribution in [3.05, 3.63) is 65.3 Å². The second-order valence-corrected chi connectivity index (χ2v) is 7.14. The summed E-state index contributed by atoms with van der Waals surface area (Å²) in [6.45, 7) is 0. The van der Waals surface area contributed by atoms with Gasteiger partial charge in [-0.25, -0.2) is 0 Å². The summed E-state index contributed by atoms with van der Waals surface area (Å²) in [5.74, 6) is 0. The van der Waals surface area contributed by atoms with Crippen molar-refractivity contribution in [3.8, 4) is 22.4 Å². The molecule has 5 nitrogen and oxygen atoms in total. The van der Waals surface area contributed by atoms with Crippen molar-refractivity contribution in [1.82, 2.24) is 25.6 Å². The number of nitrogens with one attached hydrogen (secondary N) is 1. The SMILES string of the molecule is S=c1nn[nH]c2c1sc1nnc(-c3ccccc3)c(-c3ccccc3)c12. The van der Waals surface area contributed by atoms with Gasteiger partial charge in [-0.15, -0.1) is 26.6 Å². The van der Waals surface area contributed by atoms with Gasteiger partial charge in [0.1, 0.15) is 10.5 Å². The van der Waals surface area contributed by atoms with E-state index in [0.717, 1.165) is 42.8 Å². The van der Waals surface area contributed by atoms with E-state index in [1.165, 1.54) is 11.3 Å². The summed E-state index contributed by atoms with van der Waals surface area (Å²) in [5, 5.41) is 20.9. The molecular weight excluding hydrogens is 362 g/mol. The van der Waals surface area contributed by atoms with Crippen molar-refractivity contribution in [2.45, 2.75) is 0 Å². The molecule has 0 amide bonds. The highest BCUT2D eigenvalue weighted by Gasteiger charge is 2.19. The van der Waals surface area contributed by atoms with Crippen molar-refractivity contribution in [2.75, 3.05) is 0 Å². The Morgan fingerprint density at radius 3 is 2.23 bits per heavy atom. The third kappa shape index (κ3) is 2.33. The lowest BCUT2D eigenvalue weighted by Crippen LogP contribution is -1.94. The van der Waals surface area contributed by atoms with Gasteiger partial charge < -0.3 is 0 Å². The van der Waals surface area contributed by atoms with Gasteiger partial charge >= 0.3 is 0 Å². The molecule has 2 aromatic carbocycles. The predicted molar refractivity (Wildman–Crippen MR) is 107 cm³/mol. The molecule has 0 aliphatic heterocycles. The van der Waals surface area contributed by atoms with Gasteiger partial charge in [-0.2, -0.15) is 0 Å². The Bertz CT molecular complexity index is 1290. The Hall–Kier alpha value is -3.03. The molecule has 0 aliphatic rings. The van der Waals surface area contributed by atoms with Gasteiger partial charge in [-0.1, -0.05) is 78.1 Å². The zero-order valence-electron chi connectivity index (χ0n) is 13.4. The van der Waals surface area contributed by atoms with Gasteiger partial charge in [-0.05, 0) is 5.56 Å². The van der Waals surface area contributed by atoms with Crippen molar-refractivity contribution in [2.24, 2.45) is 0 Å². The molecule has 0 atom stereocenters. The molecule has 0 bridgehead atoms. The summed E-state index contributed by atoms with van der Waals surface area (Å²) >= 11 is 6.84. The van der Waals surface area contributed by atoms with Crippen LogP contribution in [0.5, 0.6) is 0 Å². The minimum atomic E-state index is 0.474. The number of rotatable bonds is 2. The zero-order valence-corrected chi connectivity index (χ0v) is 15.0. The van der Waals surface area contributed by atoms with Crippen LogP contribution in [-0.4, -0.2) is 25.6 Å². The molecule has 5 rings (SSSR count). The molecule has 7 heteroatoms. The van der Waals surface area contributed by atoms with Crippen LogP contribution in [0.3, 0.4) is 0 Å². The molecule has 124 valence electrons. The Labute approximate surface area is 157 Å². The molecule has 1 N–H and O–H groups in total. The quantitative estimate of drug-likeness (QED) is 0.440. The lowest BCUT2D eigenvalue weighted by molar-refractivity contribution is 0.891. The highest BCUT2D eigenvalue weighted by Crippen LogP contribution is 2.41. The molecule has 0 unspecified atom stereocenters. The standard InChI is InChI=1S/C19H11N5S2/c25-18-17-16(21-24-22-18)14-13(11-7-3-1-4-8-11)15(20-23-19(14)26-17)12-9-5-2-6-10-12/h1-10H,(H,21,22,25). The molecule has 26 heavy (non-hydrogen) atoms. The van der Waals surface area contributed by atoms with E-state index in [2.05, 4.69) is 37.7 Å². The first-order valence-corrected chi connectivity index (χ1v) is 9.20. The minimum Gasteiger partial charge on any atom is -0.257 e. The Kier molecular flexibility index (Phi) is 3.55. The van der Waals surface area contributed by atoms with E-state index in [1.54, 1.807) is 0 Å². The van der Waals surface area contributed by atoms with Crippen molar-refractivity contribution in [3.63, 3.8) is 0 Å². The summed E-state index contributed by atoms with van der Waals surface area (Å²) in [4.78, 5) is 0.815. The van der Waals surface area contributed by atoms with Gasteiger partial charge in [0.25, 0.3) is 0 Å². The van der Waals surface area contributed by atoms with E-state index in [9.17, 15) is 0 Å². The van der Waals surface area contributed by atoms with E-state index < -0.39 is 0 Å². The number of H-pyrrole nitrogens is 1. The largest absolute Gasteiger partial charge is 0.257 e. The van der Waals surface area contributed by atoms with E-state index in [1.807, 2.05) is 48.5 Å². The van der Waals surface area contributed by atoms with Gasteiger partial charge in [-0.3, -0.25) is 5.10 Å². The predicted octanol–water partition coefficient (Wildman–Crippen LogP) is 5.03.